The summed E-state index contributed by atoms with van der Waals surface area (Å²) in [5.74, 6) is -0.117. The van der Waals surface area contributed by atoms with Gasteiger partial charge in [-0.25, -0.2) is 9.79 Å². The second kappa shape index (κ2) is 9.62. The lowest BCUT2D eigenvalue weighted by atomic mass is 10.2. The molecule has 0 spiro atoms. The van der Waals surface area contributed by atoms with Crippen LogP contribution in [0.15, 0.2) is 58.4 Å². The van der Waals surface area contributed by atoms with Gasteiger partial charge >= 0.3 is 5.97 Å². The minimum absolute atomic E-state index is 0.164. The molecule has 1 amide bonds. The van der Waals surface area contributed by atoms with Gasteiger partial charge in [0, 0.05) is 17.6 Å². The molecule has 0 aromatic heterocycles. The topological polar surface area (TPSA) is 68.2 Å². The largest absolute Gasteiger partial charge is 0.481 e. The Bertz CT molecular complexity index is 973. The Balaban J connectivity index is 1.81. The maximum Gasteiger partial charge on any atom is 0.344 e. The highest BCUT2D eigenvalue weighted by Gasteiger charge is 2.30. The zero-order chi connectivity index (χ0) is 20.8. The van der Waals surface area contributed by atoms with Gasteiger partial charge in [-0.1, -0.05) is 29.8 Å². The molecular formula is C21H19ClN2O4S. The van der Waals surface area contributed by atoms with Crippen molar-refractivity contribution in [1.82, 2.24) is 4.90 Å². The first-order chi connectivity index (χ1) is 14.0. The van der Waals surface area contributed by atoms with Crippen molar-refractivity contribution in [3.8, 4) is 5.75 Å². The molecule has 0 atom stereocenters. The molecular weight excluding hydrogens is 412 g/mol. The predicted molar refractivity (Wildman–Crippen MR) is 115 cm³/mol. The maximum atomic E-state index is 12.6. The van der Waals surface area contributed by atoms with E-state index in [1.165, 1.54) is 16.7 Å². The Hall–Kier alpha value is -2.77. The molecule has 3 rings (SSSR count). The van der Waals surface area contributed by atoms with Crippen LogP contribution in [0.2, 0.25) is 5.02 Å². The molecule has 0 bridgehead atoms. The number of para-hydroxylation sites is 1. The lowest BCUT2D eigenvalue weighted by molar-refractivity contribution is -0.145. The highest BCUT2D eigenvalue weighted by Crippen LogP contribution is 2.34. The third-order valence-corrected chi connectivity index (χ3v) is 5.22. The van der Waals surface area contributed by atoms with Gasteiger partial charge in [0.15, 0.2) is 11.8 Å². The summed E-state index contributed by atoms with van der Waals surface area (Å²) in [6, 6.07) is 14.2. The third-order valence-electron chi connectivity index (χ3n) is 3.91. The minimum atomic E-state index is -0.446. The number of carbonyl (C=O) groups is 2. The predicted octanol–water partition coefficient (Wildman–Crippen LogP) is 4.52. The van der Waals surface area contributed by atoms with Crippen LogP contribution in [0.1, 0.15) is 12.5 Å². The molecule has 0 radical (unpaired) electrons. The minimum Gasteiger partial charge on any atom is -0.481 e. The quantitative estimate of drug-likeness (QED) is 0.498. The molecule has 0 saturated carbocycles. The second-order valence-corrected chi connectivity index (χ2v) is 7.42. The highest BCUT2D eigenvalue weighted by molar-refractivity contribution is 8.18. The van der Waals surface area contributed by atoms with E-state index < -0.39 is 5.97 Å². The van der Waals surface area contributed by atoms with Crippen molar-refractivity contribution in [2.75, 3.05) is 20.3 Å². The molecule has 1 fully saturated rings. The molecule has 1 aliphatic heterocycles. The first-order valence-electron chi connectivity index (χ1n) is 8.87. The molecule has 0 aliphatic carbocycles. The summed E-state index contributed by atoms with van der Waals surface area (Å²) in [5, 5.41) is 1.19. The maximum absolute atomic E-state index is 12.6. The normalized spacial score (nSPS) is 16.5. The number of amidine groups is 1. The smallest absolute Gasteiger partial charge is 0.344 e. The molecule has 1 heterocycles. The van der Waals surface area contributed by atoms with E-state index in [0.717, 1.165) is 0 Å². The SMILES string of the molecule is CCOC(=O)COc1ccccc1/C=C1/SC(=Nc2ccc(Cl)cc2)N(C)C1=O. The van der Waals surface area contributed by atoms with Crippen molar-refractivity contribution in [3.05, 3.63) is 64.0 Å². The van der Waals surface area contributed by atoms with Crippen LogP contribution < -0.4 is 4.74 Å². The Kier molecular flexibility index (Phi) is 6.95. The number of esters is 1. The summed E-state index contributed by atoms with van der Waals surface area (Å²) in [6.45, 7) is 1.83. The number of thioether (sulfide) groups is 1. The van der Waals surface area contributed by atoms with Gasteiger partial charge in [0.1, 0.15) is 5.75 Å². The lowest BCUT2D eigenvalue weighted by Gasteiger charge is -2.09. The third kappa shape index (κ3) is 5.40. The van der Waals surface area contributed by atoms with Crippen LogP contribution in [0, 0.1) is 0 Å². The summed E-state index contributed by atoms with van der Waals surface area (Å²) in [6.07, 6.45) is 1.73. The van der Waals surface area contributed by atoms with Crippen molar-refractivity contribution in [2.45, 2.75) is 6.92 Å². The first-order valence-corrected chi connectivity index (χ1v) is 10.1. The number of halogens is 1. The van der Waals surface area contributed by atoms with Gasteiger partial charge in [0.05, 0.1) is 17.2 Å². The molecule has 1 saturated heterocycles. The van der Waals surface area contributed by atoms with E-state index in [0.29, 0.717) is 38.7 Å². The number of hydrogen-bond donors (Lipinski definition) is 0. The molecule has 6 nitrogen and oxygen atoms in total. The molecule has 150 valence electrons. The zero-order valence-electron chi connectivity index (χ0n) is 15.9. The number of rotatable bonds is 6. The van der Waals surface area contributed by atoms with Gasteiger partial charge in [-0.2, -0.15) is 0 Å². The van der Waals surface area contributed by atoms with Crippen molar-refractivity contribution >= 4 is 52.2 Å². The van der Waals surface area contributed by atoms with Crippen LogP contribution in [0.3, 0.4) is 0 Å². The van der Waals surface area contributed by atoms with Gasteiger partial charge in [-0.05, 0) is 55.1 Å². The van der Waals surface area contributed by atoms with Gasteiger partial charge in [-0.15, -0.1) is 0 Å². The Morgan fingerprint density at radius 3 is 2.66 bits per heavy atom. The van der Waals surface area contributed by atoms with Crippen molar-refractivity contribution in [1.29, 1.82) is 0 Å². The molecule has 2 aromatic carbocycles. The fraction of sp³-hybridized carbons (Fsp3) is 0.190. The van der Waals surface area contributed by atoms with Crippen LogP contribution in [0.5, 0.6) is 5.75 Å². The fourth-order valence-corrected chi connectivity index (χ4v) is 3.59. The number of carbonyl (C=O) groups excluding carboxylic acids is 2. The first kappa shape index (κ1) is 21.0. The van der Waals surface area contributed by atoms with Crippen LogP contribution in [-0.4, -0.2) is 42.2 Å². The standard InChI is InChI=1S/C21H19ClN2O4S/c1-3-27-19(25)13-28-17-7-5-4-6-14(17)12-18-20(26)24(2)21(29-18)23-16-10-8-15(22)9-11-16/h4-12H,3,13H2,1-2H3/b18-12+,23-21?. The van der Waals surface area contributed by atoms with E-state index in [4.69, 9.17) is 21.1 Å². The Morgan fingerprint density at radius 2 is 1.93 bits per heavy atom. The van der Waals surface area contributed by atoms with E-state index in [-0.39, 0.29) is 12.5 Å². The van der Waals surface area contributed by atoms with Crippen LogP contribution in [0.25, 0.3) is 6.08 Å². The van der Waals surface area contributed by atoms with Crippen molar-refractivity contribution in [2.24, 2.45) is 4.99 Å². The molecule has 0 unspecified atom stereocenters. The van der Waals surface area contributed by atoms with Crippen molar-refractivity contribution < 1.29 is 19.1 Å². The summed E-state index contributed by atoms with van der Waals surface area (Å²) in [4.78, 5) is 30.7. The van der Waals surface area contributed by atoms with E-state index in [2.05, 4.69) is 4.99 Å². The molecule has 29 heavy (non-hydrogen) atoms. The monoisotopic (exact) mass is 430 g/mol. The van der Waals surface area contributed by atoms with Crippen LogP contribution >= 0.6 is 23.4 Å². The number of hydrogen-bond acceptors (Lipinski definition) is 6. The lowest BCUT2D eigenvalue weighted by Crippen LogP contribution is -2.23. The van der Waals surface area contributed by atoms with E-state index >= 15 is 0 Å². The summed E-state index contributed by atoms with van der Waals surface area (Å²) < 4.78 is 10.4. The number of ether oxygens (including phenoxy) is 2. The van der Waals surface area contributed by atoms with Crippen LogP contribution in [0.4, 0.5) is 5.69 Å². The number of benzene rings is 2. The summed E-state index contributed by atoms with van der Waals surface area (Å²) in [7, 11) is 1.67. The Labute approximate surface area is 178 Å². The number of aliphatic imine (C=N–C) groups is 1. The van der Waals surface area contributed by atoms with Crippen LogP contribution in [-0.2, 0) is 14.3 Å². The van der Waals surface area contributed by atoms with Gasteiger partial charge in [0.2, 0.25) is 0 Å². The molecule has 0 N–H and O–H groups in total. The molecule has 2 aromatic rings. The second-order valence-electron chi connectivity index (χ2n) is 5.98. The summed E-state index contributed by atoms with van der Waals surface area (Å²) in [5.41, 5.74) is 1.39. The number of amides is 1. The number of likely N-dealkylation sites (N-methyl/N-ethyl adjacent to an activating group) is 1. The fourth-order valence-electron chi connectivity index (χ4n) is 2.49. The van der Waals surface area contributed by atoms with E-state index in [1.807, 2.05) is 12.1 Å². The van der Waals surface area contributed by atoms with Crippen molar-refractivity contribution in [3.63, 3.8) is 0 Å². The average molecular weight is 431 g/mol. The number of nitrogens with zero attached hydrogens (tertiary/aromatic N) is 2. The average Bonchev–Trinajstić information content (AvgIpc) is 2.97. The van der Waals surface area contributed by atoms with E-state index in [9.17, 15) is 9.59 Å². The van der Waals surface area contributed by atoms with E-state index in [1.54, 1.807) is 56.4 Å². The zero-order valence-corrected chi connectivity index (χ0v) is 17.5. The van der Waals surface area contributed by atoms with Gasteiger partial charge in [-0.3, -0.25) is 9.69 Å². The molecule has 1 aliphatic rings. The van der Waals surface area contributed by atoms with Gasteiger partial charge < -0.3 is 9.47 Å². The summed E-state index contributed by atoms with van der Waals surface area (Å²) >= 11 is 7.17. The van der Waals surface area contributed by atoms with Gasteiger partial charge in [0.25, 0.3) is 5.91 Å². The Morgan fingerprint density at radius 1 is 1.21 bits per heavy atom. The highest BCUT2D eigenvalue weighted by atomic mass is 35.5. The molecule has 8 heteroatoms.